The van der Waals surface area contributed by atoms with Crippen LogP contribution in [0.4, 0.5) is 0 Å². The summed E-state index contributed by atoms with van der Waals surface area (Å²) in [6.45, 7) is 5.60. The van der Waals surface area contributed by atoms with Gasteiger partial charge in [0.1, 0.15) is 11.3 Å². The van der Waals surface area contributed by atoms with Gasteiger partial charge in [-0.3, -0.25) is 4.79 Å². The van der Waals surface area contributed by atoms with Gasteiger partial charge in [-0.1, -0.05) is 29.8 Å². The zero-order valence-electron chi connectivity index (χ0n) is 12.4. The molecule has 0 heterocycles. The summed E-state index contributed by atoms with van der Waals surface area (Å²) < 4.78 is 6.14. The van der Waals surface area contributed by atoms with Crippen LogP contribution in [-0.4, -0.2) is 29.1 Å². The molecule has 1 aromatic carbocycles. The van der Waals surface area contributed by atoms with Crippen LogP contribution in [0.25, 0.3) is 0 Å². The molecule has 0 fully saturated rings. The van der Waals surface area contributed by atoms with Crippen molar-refractivity contribution >= 4 is 27.8 Å². The predicted octanol–water partition coefficient (Wildman–Crippen LogP) is 3.22. The Morgan fingerprint density at radius 1 is 1.33 bits per heavy atom. The van der Waals surface area contributed by atoms with Gasteiger partial charge in [0.05, 0.1) is 0 Å². The number of rotatable bonds is 7. The van der Waals surface area contributed by atoms with Crippen LogP contribution in [0.15, 0.2) is 22.7 Å². The highest BCUT2D eigenvalue weighted by atomic mass is 79.9. The van der Waals surface area contributed by atoms with E-state index >= 15 is 0 Å². The van der Waals surface area contributed by atoms with Crippen molar-refractivity contribution in [2.24, 2.45) is 0 Å². The smallest absolute Gasteiger partial charge is 0.339 e. The van der Waals surface area contributed by atoms with Gasteiger partial charge < -0.3 is 15.2 Å². The maximum absolute atomic E-state index is 12.0. The summed E-state index contributed by atoms with van der Waals surface area (Å²) in [5, 5.41) is 12.0. The number of carboxylic acids is 1. The third-order valence-electron chi connectivity index (χ3n) is 3.18. The molecule has 116 valence electrons. The quantitative estimate of drug-likeness (QED) is 0.785. The number of hydrogen-bond donors (Lipinski definition) is 2. The molecular weight excluding hydrogens is 338 g/mol. The number of benzene rings is 1. The molecule has 0 saturated carbocycles. The van der Waals surface area contributed by atoms with E-state index in [2.05, 4.69) is 21.2 Å². The third kappa shape index (κ3) is 5.04. The SMILES string of the molecule is CCC(CC)NC(=O)C(C)Oc1ccc(Br)cc1C(=O)O. The molecule has 1 aromatic rings. The number of halogens is 1. The Kier molecular flexibility index (Phi) is 6.68. The molecule has 5 nitrogen and oxygen atoms in total. The fraction of sp³-hybridized carbons (Fsp3) is 0.467. The molecule has 0 aliphatic rings. The molecule has 0 aliphatic carbocycles. The van der Waals surface area contributed by atoms with E-state index in [1.165, 1.54) is 12.1 Å². The van der Waals surface area contributed by atoms with Gasteiger partial charge in [-0.2, -0.15) is 0 Å². The fourth-order valence-electron chi connectivity index (χ4n) is 1.83. The van der Waals surface area contributed by atoms with Crippen LogP contribution in [0.1, 0.15) is 44.0 Å². The largest absolute Gasteiger partial charge is 0.480 e. The van der Waals surface area contributed by atoms with Crippen LogP contribution in [0.5, 0.6) is 5.75 Å². The van der Waals surface area contributed by atoms with Crippen molar-refractivity contribution in [3.05, 3.63) is 28.2 Å². The summed E-state index contributed by atoms with van der Waals surface area (Å²) >= 11 is 3.21. The Morgan fingerprint density at radius 2 is 1.95 bits per heavy atom. The van der Waals surface area contributed by atoms with Crippen LogP contribution in [0.2, 0.25) is 0 Å². The fourth-order valence-corrected chi connectivity index (χ4v) is 2.19. The molecular formula is C15H20BrNO4. The molecule has 0 aliphatic heterocycles. The minimum Gasteiger partial charge on any atom is -0.480 e. The Bertz CT molecular complexity index is 514. The second kappa shape index (κ2) is 8.02. The molecule has 1 rings (SSSR count). The van der Waals surface area contributed by atoms with E-state index < -0.39 is 12.1 Å². The molecule has 1 amide bonds. The van der Waals surface area contributed by atoms with Gasteiger partial charge in [-0.05, 0) is 38.0 Å². The van der Waals surface area contributed by atoms with Crippen molar-refractivity contribution in [3.63, 3.8) is 0 Å². The Morgan fingerprint density at radius 3 is 2.48 bits per heavy atom. The first-order valence-corrected chi connectivity index (χ1v) is 7.68. The highest BCUT2D eigenvalue weighted by Gasteiger charge is 2.20. The van der Waals surface area contributed by atoms with Crippen LogP contribution in [0, 0.1) is 0 Å². The first-order valence-electron chi connectivity index (χ1n) is 6.88. The average Bonchev–Trinajstić information content (AvgIpc) is 2.45. The standard InChI is InChI=1S/C15H20BrNO4/c1-4-11(5-2)17-14(18)9(3)21-13-7-6-10(16)8-12(13)15(19)20/h6-9,11H,4-5H2,1-3H3,(H,17,18)(H,19,20). The normalized spacial score (nSPS) is 12.0. The number of ether oxygens (including phenoxy) is 1. The molecule has 0 saturated heterocycles. The lowest BCUT2D eigenvalue weighted by Crippen LogP contribution is -2.42. The van der Waals surface area contributed by atoms with E-state index in [0.717, 1.165) is 12.8 Å². The van der Waals surface area contributed by atoms with Crippen LogP contribution < -0.4 is 10.1 Å². The first-order chi connectivity index (χ1) is 9.88. The van der Waals surface area contributed by atoms with Gasteiger partial charge in [0.2, 0.25) is 0 Å². The monoisotopic (exact) mass is 357 g/mol. The maximum Gasteiger partial charge on any atom is 0.339 e. The number of carbonyl (C=O) groups is 2. The second-order valence-electron chi connectivity index (χ2n) is 4.73. The van der Waals surface area contributed by atoms with E-state index in [1.54, 1.807) is 13.0 Å². The summed E-state index contributed by atoms with van der Waals surface area (Å²) in [7, 11) is 0. The average molecular weight is 358 g/mol. The number of amides is 1. The highest BCUT2D eigenvalue weighted by Crippen LogP contribution is 2.24. The molecule has 0 aromatic heterocycles. The molecule has 21 heavy (non-hydrogen) atoms. The number of aromatic carboxylic acids is 1. The van der Waals surface area contributed by atoms with Crippen molar-refractivity contribution in [3.8, 4) is 5.75 Å². The van der Waals surface area contributed by atoms with Crippen molar-refractivity contribution in [1.29, 1.82) is 0 Å². The van der Waals surface area contributed by atoms with E-state index in [9.17, 15) is 9.59 Å². The van der Waals surface area contributed by atoms with E-state index in [1.807, 2.05) is 13.8 Å². The number of carboxylic acid groups (broad SMARTS) is 1. The highest BCUT2D eigenvalue weighted by molar-refractivity contribution is 9.10. The van der Waals surface area contributed by atoms with Crippen LogP contribution in [-0.2, 0) is 4.79 Å². The summed E-state index contributed by atoms with van der Waals surface area (Å²) in [5.74, 6) is -1.17. The zero-order valence-corrected chi connectivity index (χ0v) is 13.9. The Labute approximate surface area is 132 Å². The summed E-state index contributed by atoms with van der Waals surface area (Å²) in [6.07, 6.45) is 0.922. The Balaban J connectivity index is 2.81. The minimum atomic E-state index is -1.10. The number of carbonyl (C=O) groups excluding carboxylic acids is 1. The minimum absolute atomic E-state index is 0.0200. The molecule has 2 N–H and O–H groups in total. The molecule has 0 radical (unpaired) electrons. The van der Waals surface area contributed by atoms with Gasteiger partial charge in [0.15, 0.2) is 6.10 Å². The zero-order chi connectivity index (χ0) is 16.0. The topological polar surface area (TPSA) is 75.6 Å². The van der Waals surface area contributed by atoms with Crippen LogP contribution >= 0.6 is 15.9 Å². The van der Waals surface area contributed by atoms with Crippen molar-refractivity contribution in [2.75, 3.05) is 0 Å². The predicted molar refractivity (Wildman–Crippen MR) is 83.7 cm³/mol. The van der Waals surface area contributed by atoms with Crippen molar-refractivity contribution in [1.82, 2.24) is 5.32 Å². The van der Waals surface area contributed by atoms with E-state index in [-0.39, 0.29) is 23.3 Å². The van der Waals surface area contributed by atoms with Gasteiger partial charge in [-0.25, -0.2) is 4.79 Å². The third-order valence-corrected chi connectivity index (χ3v) is 3.67. The summed E-state index contributed by atoms with van der Waals surface area (Å²) in [4.78, 5) is 23.2. The van der Waals surface area contributed by atoms with Crippen molar-refractivity contribution < 1.29 is 19.4 Å². The van der Waals surface area contributed by atoms with Gasteiger partial charge >= 0.3 is 5.97 Å². The number of hydrogen-bond acceptors (Lipinski definition) is 3. The summed E-state index contributed by atoms with van der Waals surface area (Å²) in [5.41, 5.74) is 0.0200. The molecule has 1 atom stereocenters. The molecule has 6 heteroatoms. The van der Waals surface area contributed by atoms with Crippen molar-refractivity contribution in [2.45, 2.75) is 45.8 Å². The number of nitrogens with one attached hydrogen (secondary N) is 1. The van der Waals surface area contributed by atoms with Gasteiger partial charge in [0.25, 0.3) is 5.91 Å². The lowest BCUT2D eigenvalue weighted by atomic mass is 10.1. The van der Waals surface area contributed by atoms with Gasteiger partial charge in [0, 0.05) is 10.5 Å². The maximum atomic E-state index is 12.0. The van der Waals surface area contributed by atoms with Crippen LogP contribution in [0.3, 0.4) is 0 Å². The lowest BCUT2D eigenvalue weighted by molar-refractivity contribution is -0.128. The molecule has 0 bridgehead atoms. The lowest BCUT2D eigenvalue weighted by Gasteiger charge is -2.20. The second-order valence-corrected chi connectivity index (χ2v) is 5.64. The molecule has 0 spiro atoms. The Hall–Kier alpha value is -1.56. The van der Waals surface area contributed by atoms with E-state index in [0.29, 0.717) is 4.47 Å². The summed E-state index contributed by atoms with van der Waals surface area (Å²) in [6, 6.07) is 4.76. The van der Waals surface area contributed by atoms with Gasteiger partial charge in [-0.15, -0.1) is 0 Å². The van der Waals surface area contributed by atoms with E-state index in [4.69, 9.17) is 9.84 Å². The molecule has 1 unspecified atom stereocenters. The first kappa shape index (κ1) is 17.5.